The van der Waals surface area contributed by atoms with Crippen LogP contribution in [0.2, 0.25) is 0 Å². The Morgan fingerprint density at radius 2 is 1.92 bits per heavy atom. The van der Waals surface area contributed by atoms with E-state index in [0.29, 0.717) is 0 Å². The Balaban J connectivity index is 0.000000561. The summed E-state index contributed by atoms with van der Waals surface area (Å²) in [6.45, 7) is 8.92. The summed E-state index contributed by atoms with van der Waals surface area (Å²) < 4.78 is 0. The minimum atomic E-state index is 0.00910. The van der Waals surface area contributed by atoms with Crippen LogP contribution in [0.25, 0.3) is 0 Å². The average Bonchev–Trinajstić information content (AvgIpc) is 2.84. The van der Waals surface area contributed by atoms with Crippen molar-refractivity contribution in [1.29, 1.82) is 0 Å². The molecular weight excluding hydrogens is 150 g/mol. The summed E-state index contributed by atoms with van der Waals surface area (Å²) in [4.78, 5) is 11.2. The normalized spacial score (nSPS) is 17.3. The first-order chi connectivity index (χ1) is 5.69. The van der Waals surface area contributed by atoms with Crippen LogP contribution in [0.4, 0.5) is 0 Å². The predicted octanol–water partition coefficient (Wildman–Crippen LogP) is 2.34. The van der Waals surface area contributed by atoms with Gasteiger partial charge in [-0.1, -0.05) is 27.7 Å². The molecule has 1 fully saturated rings. The first-order valence-electron chi connectivity index (χ1n) is 4.97. The molecule has 1 aliphatic carbocycles. The highest BCUT2D eigenvalue weighted by atomic mass is 16.2. The van der Waals surface area contributed by atoms with Crippen molar-refractivity contribution < 1.29 is 4.79 Å². The van der Waals surface area contributed by atoms with E-state index in [0.717, 1.165) is 25.8 Å². The highest BCUT2D eigenvalue weighted by molar-refractivity contribution is 5.84. The molecule has 0 spiro atoms. The zero-order valence-electron chi connectivity index (χ0n) is 8.74. The van der Waals surface area contributed by atoms with Gasteiger partial charge in [-0.05, 0) is 19.3 Å². The Bertz CT molecular complexity index is 139. The summed E-state index contributed by atoms with van der Waals surface area (Å²) in [5.74, 6) is 0.245. The van der Waals surface area contributed by atoms with Crippen LogP contribution in [0.3, 0.4) is 0 Å². The summed E-state index contributed by atoms with van der Waals surface area (Å²) in [5.41, 5.74) is 0.00910. The topological polar surface area (TPSA) is 29.1 Å². The van der Waals surface area contributed by atoms with E-state index in [1.807, 2.05) is 20.8 Å². The van der Waals surface area contributed by atoms with Gasteiger partial charge < -0.3 is 5.32 Å². The second kappa shape index (κ2) is 5.18. The van der Waals surface area contributed by atoms with Gasteiger partial charge in [-0.25, -0.2) is 0 Å². The van der Waals surface area contributed by atoms with Crippen LogP contribution in [0.1, 0.15) is 47.0 Å². The molecule has 1 saturated carbocycles. The van der Waals surface area contributed by atoms with Gasteiger partial charge in [0.15, 0.2) is 0 Å². The molecule has 0 radical (unpaired) electrons. The number of carbonyl (C=O) groups is 1. The molecule has 0 aromatic heterocycles. The average molecular weight is 171 g/mol. The molecule has 1 N–H and O–H groups in total. The van der Waals surface area contributed by atoms with Crippen molar-refractivity contribution in [2.24, 2.45) is 5.41 Å². The van der Waals surface area contributed by atoms with Gasteiger partial charge in [-0.15, -0.1) is 0 Å². The number of amides is 1. The Morgan fingerprint density at radius 1 is 1.42 bits per heavy atom. The van der Waals surface area contributed by atoms with Crippen molar-refractivity contribution in [3.8, 4) is 0 Å². The van der Waals surface area contributed by atoms with Gasteiger partial charge in [0.2, 0.25) is 5.91 Å². The lowest BCUT2D eigenvalue weighted by molar-refractivity contribution is -0.125. The SMILES string of the molecule is CC.CCCNC(=O)C1(C)CC1. The molecule has 1 aliphatic rings. The lowest BCUT2D eigenvalue weighted by atomic mass is 10.1. The first kappa shape index (κ1) is 11.5. The molecule has 0 saturated heterocycles. The van der Waals surface area contributed by atoms with E-state index in [9.17, 15) is 4.79 Å². The molecule has 0 aromatic carbocycles. The standard InChI is InChI=1S/C8H15NO.C2H6/c1-3-6-9-7(10)8(2)4-5-8;1-2/h3-6H2,1-2H3,(H,9,10);1-2H3. The molecule has 0 heterocycles. The summed E-state index contributed by atoms with van der Waals surface area (Å²) in [5, 5.41) is 2.90. The fourth-order valence-corrected chi connectivity index (χ4v) is 0.866. The molecule has 12 heavy (non-hydrogen) atoms. The summed E-state index contributed by atoms with van der Waals surface area (Å²) in [7, 11) is 0. The van der Waals surface area contributed by atoms with Crippen LogP contribution in [0, 0.1) is 5.41 Å². The Labute approximate surface area is 75.7 Å². The fraction of sp³-hybridized carbons (Fsp3) is 0.900. The third-order valence-electron chi connectivity index (χ3n) is 2.08. The number of rotatable bonds is 3. The van der Waals surface area contributed by atoms with E-state index in [1.54, 1.807) is 0 Å². The second-order valence-electron chi connectivity index (χ2n) is 3.32. The summed E-state index contributed by atoms with van der Waals surface area (Å²) in [6.07, 6.45) is 3.17. The van der Waals surface area contributed by atoms with Crippen LogP contribution in [0.15, 0.2) is 0 Å². The van der Waals surface area contributed by atoms with Gasteiger partial charge in [-0.2, -0.15) is 0 Å². The van der Waals surface area contributed by atoms with E-state index in [2.05, 4.69) is 12.2 Å². The quantitative estimate of drug-likeness (QED) is 0.693. The van der Waals surface area contributed by atoms with Crippen LogP contribution in [-0.4, -0.2) is 12.5 Å². The van der Waals surface area contributed by atoms with Crippen LogP contribution < -0.4 is 5.32 Å². The Hall–Kier alpha value is -0.530. The van der Waals surface area contributed by atoms with Crippen molar-refractivity contribution >= 4 is 5.91 Å². The maximum Gasteiger partial charge on any atom is 0.225 e. The molecule has 0 aromatic rings. The van der Waals surface area contributed by atoms with E-state index in [4.69, 9.17) is 0 Å². The van der Waals surface area contributed by atoms with E-state index < -0.39 is 0 Å². The highest BCUT2D eigenvalue weighted by Crippen LogP contribution is 2.44. The van der Waals surface area contributed by atoms with Gasteiger partial charge in [0.25, 0.3) is 0 Å². The molecule has 1 amide bonds. The zero-order valence-corrected chi connectivity index (χ0v) is 8.74. The lowest BCUT2D eigenvalue weighted by Crippen LogP contribution is -2.30. The molecular formula is C10H21NO. The maximum atomic E-state index is 11.2. The second-order valence-corrected chi connectivity index (χ2v) is 3.32. The number of hydrogen-bond donors (Lipinski definition) is 1. The Kier molecular flexibility index (Phi) is 4.95. The minimum absolute atomic E-state index is 0.00910. The van der Waals surface area contributed by atoms with Crippen molar-refractivity contribution in [2.45, 2.75) is 47.0 Å². The van der Waals surface area contributed by atoms with Crippen LogP contribution in [-0.2, 0) is 4.79 Å². The molecule has 0 aliphatic heterocycles. The molecule has 0 unspecified atom stereocenters. The number of nitrogens with one attached hydrogen (secondary N) is 1. The molecule has 2 heteroatoms. The molecule has 0 bridgehead atoms. The van der Waals surface area contributed by atoms with Crippen LogP contribution in [0.5, 0.6) is 0 Å². The third kappa shape index (κ3) is 3.24. The zero-order chi connectivity index (χ0) is 9.61. The number of carbonyl (C=O) groups excluding carboxylic acids is 1. The van der Waals surface area contributed by atoms with E-state index >= 15 is 0 Å². The van der Waals surface area contributed by atoms with Gasteiger partial charge in [0, 0.05) is 12.0 Å². The molecule has 1 rings (SSSR count). The first-order valence-corrected chi connectivity index (χ1v) is 4.97. The van der Waals surface area contributed by atoms with Crippen molar-refractivity contribution in [3.05, 3.63) is 0 Å². The van der Waals surface area contributed by atoms with Crippen molar-refractivity contribution in [3.63, 3.8) is 0 Å². The largest absolute Gasteiger partial charge is 0.356 e. The van der Waals surface area contributed by atoms with Gasteiger partial charge >= 0.3 is 0 Å². The number of hydrogen-bond acceptors (Lipinski definition) is 1. The monoisotopic (exact) mass is 171 g/mol. The van der Waals surface area contributed by atoms with Crippen molar-refractivity contribution in [1.82, 2.24) is 5.32 Å². The molecule has 0 atom stereocenters. The minimum Gasteiger partial charge on any atom is -0.356 e. The molecule has 2 nitrogen and oxygen atoms in total. The highest BCUT2D eigenvalue weighted by Gasteiger charge is 2.44. The van der Waals surface area contributed by atoms with E-state index in [-0.39, 0.29) is 11.3 Å². The van der Waals surface area contributed by atoms with Crippen LogP contribution >= 0.6 is 0 Å². The molecule has 72 valence electrons. The summed E-state index contributed by atoms with van der Waals surface area (Å²) in [6, 6.07) is 0. The van der Waals surface area contributed by atoms with E-state index in [1.165, 1.54) is 0 Å². The summed E-state index contributed by atoms with van der Waals surface area (Å²) >= 11 is 0. The van der Waals surface area contributed by atoms with Gasteiger partial charge in [0.05, 0.1) is 0 Å². The fourth-order valence-electron chi connectivity index (χ4n) is 0.866. The van der Waals surface area contributed by atoms with Crippen molar-refractivity contribution in [2.75, 3.05) is 6.54 Å². The smallest absolute Gasteiger partial charge is 0.225 e. The third-order valence-corrected chi connectivity index (χ3v) is 2.08. The predicted molar refractivity (Wildman–Crippen MR) is 52.0 cm³/mol. The van der Waals surface area contributed by atoms with Gasteiger partial charge in [-0.3, -0.25) is 4.79 Å². The van der Waals surface area contributed by atoms with Gasteiger partial charge in [0.1, 0.15) is 0 Å². The Morgan fingerprint density at radius 3 is 2.25 bits per heavy atom. The maximum absolute atomic E-state index is 11.2. The lowest BCUT2D eigenvalue weighted by Gasteiger charge is -2.07.